The number of aryl methyl sites for hydroxylation is 1. The van der Waals surface area contributed by atoms with E-state index in [2.05, 4.69) is 20.4 Å². The molecule has 0 aromatic carbocycles. The fraction of sp³-hybridized carbons (Fsp3) is 0.174. The van der Waals surface area contributed by atoms with Crippen molar-refractivity contribution in [2.45, 2.75) is 19.9 Å². The van der Waals surface area contributed by atoms with Crippen LogP contribution in [0.3, 0.4) is 0 Å². The number of anilines is 1. The third-order valence-electron chi connectivity index (χ3n) is 4.79. The highest BCUT2D eigenvalue weighted by Crippen LogP contribution is 2.26. The fourth-order valence-corrected chi connectivity index (χ4v) is 3.15. The molecule has 0 fully saturated rings. The lowest BCUT2D eigenvalue weighted by molar-refractivity contribution is 0.102. The Morgan fingerprint density at radius 2 is 1.97 bits per heavy atom. The minimum absolute atomic E-state index is 0.104. The van der Waals surface area contributed by atoms with Crippen LogP contribution in [0.1, 0.15) is 30.2 Å². The first-order valence-electron chi connectivity index (χ1n) is 10.1. The van der Waals surface area contributed by atoms with Crippen molar-refractivity contribution in [1.82, 2.24) is 24.3 Å². The molecule has 0 spiro atoms. The van der Waals surface area contributed by atoms with Crippen LogP contribution in [0.15, 0.2) is 66.1 Å². The number of ether oxygens (including phenoxy) is 1. The van der Waals surface area contributed by atoms with Crippen LogP contribution < -0.4 is 15.6 Å². The van der Waals surface area contributed by atoms with Gasteiger partial charge in [-0.2, -0.15) is 5.10 Å². The van der Waals surface area contributed by atoms with Gasteiger partial charge in [-0.05, 0) is 32.0 Å². The Labute approximate surface area is 188 Å². The Bertz CT molecular complexity index is 1380. The van der Waals surface area contributed by atoms with Crippen molar-refractivity contribution in [2.24, 2.45) is 7.05 Å². The van der Waals surface area contributed by atoms with Gasteiger partial charge >= 0.3 is 0 Å². The minimum Gasteiger partial charge on any atom is -0.456 e. The Morgan fingerprint density at radius 3 is 2.67 bits per heavy atom. The first-order chi connectivity index (χ1) is 15.8. The highest BCUT2D eigenvalue weighted by molar-refractivity contribution is 6.03. The lowest BCUT2D eigenvalue weighted by atomic mass is 10.2. The SMILES string of the molecule is CC(C)n1cccc(C(=O)Nc2ncc(Oc3ccnc(-c4cnn(C)c4)c3)cc2F)c1=O. The Hall–Kier alpha value is -4.34. The van der Waals surface area contributed by atoms with Crippen LogP contribution in [0.2, 0.25) is 0 Å². The first kappa shape index (κ1) is 21.9. The highest BCUT2D eigenvalue weighted by atomic mass is 19.1. The van der Waals surface area contributed by atoms with Crippen molar-refractivity contribution in [3.05, 3.63) is 83.1 Å². The van der Waals surface area contributed by atoms with Crippen LogP contribution in [0.4, 0.5) is 10.2 Å². The van der Waals surface area contributed by atoms with Crippen LogP contribution in [0.5, 0.6) is 11.5 Å². The molecule has 0 unspecified atom stereocenters. The molecule has 0 aliphatic heterocycles. The molecule has 0 saturated heterocycles. The minimum atomic E-state index is -0.803. The van der Waals surface area contributed by atoms with Crippen molar-refractivity contribution in [3.8, 4) is 22.8 Å². The standard InChI is InChI=1S/C23H21FN6O3/c1-14(2)30-8-4-5-18(23(30)32)22(31)28-21-19(24)9-17(12-26-21)33-16-6-7-25-20(10-16)15-11-27-29(3)13-15/h4-14H,1-3H3,(H,26,28,31). The number of carbonyl (C=O) groups is 1. The number of halogens is 1. The number of hydrogen-bond donors (Lipinski definition) is 1. The van der Waals surface area contributed by atoms with E-state index in [1.54, 1.807) is 48.5 Å². The maximum atomic E-state index is 14.6. The van der Waals surface area contributed by atoms with E-state index in [-0.39, 0.29) is 23.2 Å². The largest absolute Gasteiger partial charge is 0.456 e. The third kappa shape index (κ3) is 4.79. The molecule has 4 heterocycles. The summed E-state index contributed by atoms with van der Waals surface area (Å²) in [6.45, 7) is 3.65. The molecule has 0 aliphatic carbocycles. The van der Waals surface area contributed by atoms with E-state index in [9.17, 15) is 14.0 Å². The lowest BCUT2D eigenvalue weighted by Gasteiger charge is -2.12. The predicted octanol–water partition coefficient (Wildman–Crippen LogP) is 3.80. The van der Waals surface area contributed by atoms with Crippen molar-refractivity contribution in [3.63, 3.8) is 0 Å². The van der Waals surface area contributed by atoms with Crippen molar-refractivity contribution >= 4 is 11.7 Å². The highest BCUT2D eigenvalue weighted by Gasteiger charge is 2.17. The van der Waals surface area contributed by atoms with Crippen molar-refractivity contribution in [1.29, 1.82) is 0 Å². The maximum Gasteiger partial charge on any atom is 0.263 e. The molecular formula is C23H21FN6O3. The molecule has 1 N–H and O–H groups in total. The van der Waals surface area contributed by atoms with Crippen LogP contribution >= 0.6 is 0 Å². The van der Waals surface area contributed by atoms with Gasteiger partial charge in [0.2, 0.25) is 0 Å². The Balaban J connectivity index is 1.51. The summed E-state index contributed by atoms with van der Waals surface area (Å²) in [5.41, 5.74) is 0.885. The summed E-state index contributed by atoms with van der Waals surface area (Å²) < 4.78 is 23.4. The molecule has 4 rings (SSSR count). The van der Waals surface area contributed by atoms with E-state index < -0.39 is 17.3 Å². The molecule has 4 aromatic rings. The second-order valence-electron chi connectivity index (χ2n) is 7.57. The molecule has 0 saturated carbocycles. The second-order valence-corrected chi connectivity index (χ2v) is 7.57. The third-order valence-corrected chi connectivity index (χ3v) is 4.79. The molecule has 1 amide bonds. The lowest BCUT2D eigenvalue weighted by Crippen LogP contribution is -2.30. The summed E-state index contributed by atoms with van der Waals surface area (Å²) in [5, 5.41) is 6.46. The summed E-state index contributed by atoms with van der Waals surface area (Å²) >= 11 is 0. The van der Waals surface area contributed by atoms with Gasteiger partial charge in [-0.3, -0.25) is 19.3 Å². The predicted molar refractivity (Wildman–Crippen MR) is 120 cm³/mol. The average Bonchev–Trinajstić information content (AvgIpc) is 3.22. The molecule has 0 bridgehead atoms. The van der Waals surface area contributed by atoms with Crippen molar-refractivity contribution in [2.75, 3.05) is 5.32 Å². The molecule has 0 aliphatic rings. The quantitative estimate of drug-likeness (QED) is 0.481. The number of carbonyl (C=O) groups excluding carboxylic acids is 1. The average molecular weight is 448 g/mol. The number of amides is 1. The normalized spacial score (nSPS) is 10.9. The molecule has 4 aromatic heterocycles. The van der Waals surface area contributed by atoms with Gasteiger partial charge in [-0.15, -0.1) is 0 Å². The number of rotatable bonds is 6. The summed E-state index contributed by atoms with van der Waals surface area (Å²) in [6, 6.07) is 7.27. The zero-order chi connectivity index (χ0) is 23.5. The summed E-state index contributed by atoms with van der Waals surface area (Å²) in [5.74, 6) is -1.29. The zero-order valence-corrected chi connectivity index (χ0v) is 18.2. The van der Waals surface area contributed by atoms with E-state index in [1.165, 1.54) is 16.8 Å². The van der Waals surface area contributed by atoms with Gasteiger partial charge in [0.05, 0.1) is 18.1 Å². The topological polar surface area (TPSA) is 104 Å². The Morgan fingerprint density at radius 1 is 1.15 bits per heavy atom. The molecule has 0 atom stereocenters. The monoisotopic (exact) mass is 448 g/mol. The van der Waals surface area contributed by atoms with Crippen LogP contribution in [-0.4, -0.2) is 30.2 Å². The summed E-state index contributed by atoms with van der Waals surface area (Å²) in [6.07, 6.45) is 7.93. The van der Waals surface area contributed by atoms with E-state index >= 15 is 0 Å². The van der Waals surface area contributed by atoms with Crippen molar-refractivity contribution < 1.29 is 13.9 Å². The smallest absolute Gasteiger partial charge is 0.263 e. The molecule has 0 radical (unpaired) electrons. The zero-order valence-electron chi connectivity index (χ0n) is 18.2. The first-order valence-corrected chi connectivity index (χ1v) is 10.1. The van der Waals surface area contributed by atoms with Gasteiger partial charge in [-0.25, -0.2) is 9.37 Å². The Kier molecular flexibility index (Phi) is 5.99. The molecule has 10 heteroatoms. The van der Waals surface area contributed by atoms with Crippen LogP contribution in [-0.2, 0) is 7.05 Å². The van der Waals surface area contributed by atoms with Gasteiger partial charge in [-0.1, -0.05) is 0 Å². The summed E-state index contributed by atoms with van der Waals surface area (Å²) in [7, 11) is 1.80. The number of nitrogens with zero attached hydrogens (tertiary/aromatic N) is 5. The second kappa shape index (κ2) is 9.03. The molecule has 33 heavy (non-hydrogen) atoms. The van der Waals surface area contributed by atoms with E-state index in [4.69, 9.17) is 4.74 Å². The number of pyridine rings is 3. The van der Waals surface area contributed by atoms with Gasteiger partial charge in [0.15, 0.2) is 11.6 Å². The van der Waals surface area contributed by atoms with E-state index in [0.717, 1.165) is 11.6 Å². The van der Waals surface area contributed by atoms with Gasteiger partial charge < -0.3 is 14.6 Å². The number of hydrogen-bond acceptors (Lipinski definition) is 6. The molecule has 168 valence electrons. The van der Waals surface area contributed by atoms with Crippen LogP contribution in [0.25, 0.3) is 11.3 Å². The number of nitrogens with one attached hydrogen (secondary N) is 1. The number of aromatic nitrogens is 5. The van der Waals surface area contributed by atoms with E-state index in [1.807, 2.05) is 20.0 Å². The van der Waals surface area contributed by atoms with Gasteiger partial charge in [0.1, 0.15) is 17.1 Å². The summed E-state index contributed by atoms with van der Waals surface area (Å²) in [4.78, 5) is 33.2. The van der Waals surface area contributed by atoms with Gasteiger partial charge in [0, 0.05) is 49.4 Å². The van der Waals surface area contributed by atoms with Crippen LogP contribution in [0, 0.1) is 5.82 Å². The maximum absolute atomic E-state index is 14.6. The molecule has 9 nitrogen and oxygen atoms in total. The van der Waals surface area contributed by atoms with Gasteiger partial charge in [0.25, 0.3) is 11.5 Å². The fourth-order valence-electron chi connectivity index (χ4n) is 3.15. The molecular weight excluding hydrogens is 427 g/mol. The van der Waals surface area contributed by atoms with E-state index in [0.29, 0.717) is 11.4 Å².